The van der Waals surface area contributed by atoms with E-state index in [1.54, 1.807) is 6.26 Å². The minimum atomic E-state index is -0.385. The van der Waals surface area contributed by atoms with Crippen molar-refractivity contribution in [2.45, 2.75) is 70.5 Å². The summed E-state index contributed by atoms with van der Waals surface area (Å²) < 4.78 is 12.5. The fraction of sp³-hybridized carbons (Fsp3) is 0.500. The summed E-state index contributed by atoms with van der Waals surface area (Å²) in [6.07, 6.45) is 8.83. The Morgan fingerprint density at radius 2 is 2.03 bits per heavy atom. The molecule has 0 aromatic carbocycles. The molecule has 182 valence electrons. The van der Waals surface area contributed by atoms with Gasteiger partial charge in [-0.1, -0.05) is 31.5 Å². The smallest absolute Gasteiger partial charge is 0.341 e. The Kier molecular flexibility index (Phi) is 8.10. The lowest BCUT2D eigenvalue weighted by atomic mass is 9.96. The molecular formula is C24H30N4O4S2. The Bertz CT molecular complexity index is 1160. The van der Waals surface area contributed by atoms with E-state index in [0.29, 0.717) is 15.7 Å². The lowest BCUT2D eigenvalue weighted by Crippen LogP contribution is -2.17. The number of esters is 1. The van der Waals surface area contributed by atoms with E-state index in [2.05, 4.69) is 22.4 Å². The van der Waals surface area contributed by atoms with Gasteiger partial charge in [0.15, 0.2) is 11.0 Å². The largest absolute Gasteiger partial charge is 0.469 e. The molecule has 4 rings (SSSR count). The predicted octanol–water partition coefficient (Wildman–Crippen LogP) is 5.49. The maximum atomic E-state index is 12.9. The third-order valence-electron chi connectivity index (χ3n) is 5.91. The van der Waals surface area contributed by atoms with Crippen molar-refractivity contribution in [1.29, 1.82) is 0 Å². The zero-order valence-corrected chi connectivity index (χ0v) is 21.4. The highest BCUT2D eigenvalue weighted by molar-refractivity contribution is 7.99. The van der Waals surface area contributed by atoms with E-state index in [1.165, 1.54) is 41.5 Å². The first-order valence-electron chi connectivity index (χ1n) is 11.7. The van der Waals surface area contributed by atoms with Crippen LogP contribution in [0.2, 0.25) is 0 Å². The van der Waals surface area contributed by atoms with Crippen molar-refractivity contribution >= 4 is 40.0 Å². The maximum absolute atomic E-state index is 12.9. The van der Waals surface area contributed by atoms with Crippen molar-refractivity contribution in [3.8, 4) is 11.4 Å². The zero-order valence-electron chi connectivity index (χ0n) is 19.8. The van der Waals surface area contributed by atoms with Crippen LogP contribution in [0.5, 0.6) is 0 Å². The van der Waals surface area contributed by atoms with E-state index in [0.717, 1.165) is 67.8 Å². The molecule has 0 aliphatic heterocycles. The van der Waals surface area contributed by atoms with Crippen molar-refractivity contribution in [3.63, 3.8) is 0 Å². The highest BCUT2D eigenvalue weighted by Crippen LogP contribution is 2.38. The van der Waals surface area contributed by atoms with Crippen molar-refractivity contribution < 1.29 is 18.7 Å². The van der Waals surface area contributed by atoms with Crippen LogP contribution >= 0.6 is 23.1 Å². The summed E-state index contributed by atoms with van der Waals surface area (Å²) in [7, 11) is 1.39. The quantitative estimate of drug-likeness (QED) is 0.321. The third kappa shape index (κ3) is 5.22. The summed E-state index contributed by atoms with van der Waals surface area (Å²) in [6.45, 7) is 4.72. The lowest BCUT2D eigenvalue weighted by Gasteiger charge is -2.11. The van der Waals surface area contributed by atoms with Crippen LogP contribution in [-0.4, -0.2) is 39.5 Å². The Labute approximate surface area is 207 Å². The van der Waals surface area contributed by atoms with Gasteiger partial charge in [-0.05, 0) is 50.7 Å². The molecule has 0 spiro atoms. The van der Waals surface area contributed by atoms with Crippen LogP contribution in [0.3, 0.4) is 0 Å². The molecule has 0 saturated carbocycles. The molecule has 34 heavy (non-hydrogen) atoms. The molecule has 1 aliphatic rings. The number of amides is 1. The Morgan fingerprint density at radius 3 is 2.74 bits per heavy atom. The molecule has 1 N–H and O–H groups in total. The fourth-order valence-corrected chi connectivity index (χ4v) is 6.31. The van der Waals surface area contributed by atoms with Gasteiger partial charge in [-0.2, -0.15) is 0 Å². The highest BCUT2D eigenvalue weighted by atomic mass is 32.2. The fourth-order valence-electron chi connectivity index (χ4n) is 4.26. The first-order chi connectivity index (χ1) is 16.5. The van der Waals surface area contributed by atoms with Gasteiger partial charge in [0, 0.05) is 11.4 Å². The number of thioether (sulfide) groups is 1. The molecule has 10 heteroatoms. The maximum Gasteiger partial charge on any atom is 0.341 e. The first-order valence-corrected chi connectivity index (χ1v) is 13.5. The number of fused-ring (bicyclic) bond motifs is 1. The Morgan fingerprint density at radius 1 is 1.24 bits per heavy atom. The number of furan rings is 1. The SMILES string of the molecule is CCCn1c(SCC(=O)Nc2sc3c(c2C(=O)OC)CCCCCC3)nnc1-c1ccoc1C. The van der Waals surface area contributed by atoms with E-state index in [4.69, 9.17) is 9.15 Å². The summed E-state index contributed by atoms with van der Waals surface area (Å²) >= 11 is 2.84. The van der Waals surface area contributed by atoms with Crippen LogP contribution in [0.15, 0.2) is 21.9 Å². The number of anilines is 1. The van der Waals surface area contributed by atoms with Crippen molar-refractivity contribution in [3.05, 3.63) is 34.1 Å². The van der Waals surface area contributed by atoms with Crippen molar-refractivity contribution in [2.75, 3.05) is 18.2 Å². The van der Waals surface area contributed by atoms with Gasteiger partial charge in [-0.25, -0.2) is 4.79 Å². The number of hydrogen-bond acceptors (Lipinski definition) is 8. The van der Waals surface area contributed by atoms with Crippen LogP contribution < -0.4 is 5.32 Å². The number of carbonyl (C=O) groups excluding carboxylic acids is 2. The number of rotatable bonds is 8. The number of ether oxygens (including phenoxy) is 1. The van der Waals surface area contributed by atoms with Crippen LogP contribution in [0.25, 0.3) is 11.4 Å². The minimum Gasteiger partial charge on any atom is -0.469 e. The van der Waals surface area contributed by atoms with E-state index in [1.807, 2.05) is 17.6 Å². The van der Waals surface area contributed by atoms with Crippen LogP contribution in [-0.2, 0) is 28.9 Å². The second kappa shape index (κ2) is 11.2. The molecule has 0 fully saturated rings. The molecule has 0 bridgehead atoms. The Hall–Kier alpha value is -2.59. The van der Waals surface area contributed by atoms with Gasteiger partial charge in [0.2, 0.25) is 5.91 Å². The number of aromatic nitrogens is 3. The second-order valence-electron chi connectivity index (χ2n) is 8.30. The average molecular weight is 503 g/mol. The molecule has 0 radical (unpaired) electrons. The predicted molar refractivity (Wildman–Crippen MR) is 134 cm³/mol. The third-order valence-corrected chi connectivity index (χ3v) is 8.08. The number of nitrogens with one attached hydrogen (secondary N) is 1. The van der Waals surface area contributed by atoms with E-state index >= 15 is 0 Å². The average Bonchev–Trinajstić information content (AvgIpc) is 3.49. The van der Waals surface area contributed by atoms with Crippen molar-refractivity contribution in [1.82, 2.24) is 14.8 Å². The van der Waals surface area contributed by atoms with Gasteiger partial charge in [-0.15, -0.1) is 21.5 Å². The number of methoxy groups -OCH3 is 1. The van der Waals surface area contributed by atoms with Gasteiger partial charge in [-0.3, -0.25) is 4.79 Å². The van der Waals surface area contributed by atoms with Crippen LogP contribution in [0.4, 0.5) is 5.00 Å². The summed E-state index contributed by atoms with van der Waals surface area (Å²) in [4.78, 5) is 26.7. The number of hydrogen-bond donors (Lipinski definition) is 1. The number of nitrogens with zero attached hydrogens (tertiary/aromatic N) is 3. The number of thiophene rings is 1. The molecule has 1 amide bonds. The van der Waals surface area contributed by atoms with Gasteiger partial charge in [0.05, 0.1) is 30.3 Å². The number of aryl methyl sites for hydroxylation is 2. The monoisotopic (exact) mass is 502 g/mol. The number of carbonyl (C=O) groups is 2. The molecule has 3 aromatic rings. The van der Waals surface area contributed by atoms with Crippen molar-refractivity contribution in [2.24, 2.45) is 0 Å². The van der Waals surface area contributed by atoms with Gasteiger partial charge >= 0.3 is 5.97 Å². The van der Waals surface area contributed by atoms with Crippen LogP contribution in [0, 0.1) is 6.92 Å². The summed E-state index contributed by atoms with van der Waals surface area (Å²) in [6, 6.07) is 1.88. The second-order valence-corrected chi connectivity index (χ2v) is 10.3. The summed E-state index contributed by atoms with van der Waals surface area (Å²) in [5, 5.41) is 12.9. The molecule has 0 unspecified atom stereocenters. The van der Waals surface area contributed by atoms with Crippen LogP contribution in [0.1, 0.15) is 65.6 Å². The Balaban J connectivity index is 1.51. The normalized spacial score (nSPS) is 13.7. The summed E-state index contributed by atoms with van der Waals surface area (Å²) in [5.74, 6) is 1.11. The van der Waals surface area contributed by atoms with E-state index in [9.17, 15) is 9.59 Å². The van der Waals surface area contributed by atoms with E-state index < -0.39 is 0 Å². The van der Waals surface area contributed by atoms with Gasteiger partial charge in [0.1, 0.15) is 10.8 Å². The lowest BCUT2D eigenvalue weighted by molar-refractivity contribution is -0.113. The topological polar surface area (TPSA) is 99.2 Å². The highest BCUT2D eigenvalue weighted by Gasteiger charge is 2.26. The molecule has 8 nitrogen and oxygen atoms in total. The van der Waals surface area contributed by atoms with E-state index in [-0.39, 0.29) is 17.6 Å². The summed E-state index contributed by atoms with van der Waals surface area (Å²) in [5.41, 5.74) is 2.47. The first kappa shape index (κ1) is 24.5. The molecule has 0 atom stereocenters. The molecule has 0 saturated heterocycles. The minimum absolute atomic E-state index is 0.162. The molecule has 3 heterocycles. The molecule has 1 aliphatic carbocycles. The zero-order chi connectivity index (χ0) is 24.1. The molecular weight excluding hydrogens is 472 g/mol. The van der Waals surface area contributed by atoms with Gasteiger partial charge in [0.25, 0.3) is 0 Å². The standard InChI is InChI=1S/C24H30N4O4S2/c1-4-12-28-21(16-11-13-32-15(16)2)26-27-24(28)33-14-19(29)25-22-20(23(30)31-3)17-9-7-5-6-8-10-18(17)34-22/h11,13H,4-10,12,14H2,1-3H3,(H,25,29). The molecule has 3 aromatic heterocycles. The van der Waals surface area contributed by atoms with Gasteiger partial charge < -0.3 is 19.0 Å².